The van der Waals surface area contributed by atoms with E-state index in [9.17, 15) is 4.79 Å². The summed E-state index contributed by atoms with van der Waals surface area (Å²) in [7, 11) is 0. The van der Waals surface area contributed by atoms with Crippen LogP contribution in [-0.2, 0) is 5.33 Å². The molecular weight excluding hydrogens is 286 g/mol. The van der Waals surface area contributed by atoms with Gasteiger partial charge in [0.2, 0.25) is 0 Å². The van der Waals surface area contributed by atoms with Crippen LogP contribution in [0.4, 0.5) is 5.69 Å². The summed E-state index contributed by atoms with van der Waals surface area (Å²) in [5, 5.41) is 5.55. The summed E-state index contributed by atoms with van der Waals surface area (Å²) >= 11 is 4.82. The molecule has 1 N–H and O–H groups in total. The number of benzene rings is 1. The topological polar surface area (TPSA) is 29.1 Å². The van der Waals surface area contributed by atoms with Crippen molar-refractivity contribution in [1.82, 2.24) is 0 Å². The molecule has 0 saturated carbocycles. The minimum absolute atomic E-state index is 0.0540. The first kappa shape index (κ1) is 11.4. The Kier molecular flexibility index (Phi) is 3.74. The zero-order valence-electron chi connectivity index (χ0n) is 8.44. The fraction of sp³-hybridized carbons (Fsp3) is 0.0833. The first-order valence-corrected chi connectivity index (χ1v) is 6.79. The van der Waals surface area contributed by atoms with Gasteiger partial charge in [-0.25, -0.2) is 0 Å². The second kappa shape index (κ2) is 5.27. The Hall–Kier alpha value is -1.13. The molecule has 1 heterocycles. The Bertz CT molecular complexity index is 482. The van der Waals surface area contributed by atoms with Crippen LogP contribution in [0, 0.1) is 0 Å². The van der Waals surface area contributed by atoms with Crippen molar-refractivity contribution in [2.24, 2.45) is 0 Å². The van der Waals surface area contributed by atoms with E-state index in [0.29, 0.717) is 0 Å². The number of carbonyl (C=O) groups is 1. The van der Waals surface area contributed by atoms with Crippen LogP contribution in [0.25, 0.3) is 0 Å². The molecule has 2 rings (SSSR count). The monoisotopic (exact) mass is 295 g/mol. The molecule has 1 amide bonds. The summed E-state index contributed by atoms with van der Waals surface area (Å²) in [5.41, 5.74) is 1.97. The Labute approximate surface area is 106 Å². The summed E-state index contributed by atoms with van der Waals surface area (Å²) in [6, 6.07) is 11.5. The van der Waals surface area contributed by atoms with Gasteiger partial charge in [0.1, 0.15) is 0 Å². The zero-order chi connectivity index (χ0) is 11.4. The van der Waals surface area contributed by atoms with E-state index >= 15 is 0 Å². The molecule has 16 heavy (non-hydrogen) atoms. The standard InChI is InChI=1S/C12H10BrNOS/c13-8-9-3-1-4-10(7-9)14-12(15)11-5-2-6-16-11/h1-7H,8H2,(H,14,15). The van der Waals surface area contributed by atoms with Crippen LogP contribution in [0.15, 0.2) is 41.8 Å². The highest BCUT2D eigenvalue weighted by molar-refractivity contribution is 9.08. The lowest BCUT2D eigenvalue weighted by Crippen LogP contribution is -2.09. The number of hydrogen-bond donors (Lipinski definition) is 1. The maximum absolute atomic E-state index is 11.8. The number of rotatable bonds is 3. The molecule has 1 aromatic carbocycles. The summed E-state index contributed by atoms with van der Waals surface area (Å²) < 4.78 is 0. The lowest BCUT2D eigenvalue weighted by atomic mass is 10.2. The maximum atomic E-state index is 11.8. The van der Waals surface area contributed by atoms with Crippen molar-refractivity contribution in [2.75, 3.05) is 5.32 Å². The van der Waals surface area contributed by atoms with E-state index in [4.69, 9.17) is 0 Å². The van der Waals surface area contributed by atoms with Gasteiger partial charge in [-0.05, 0) is 29.1 Å². The molecule has 2 nitrogen and oxygen atoms in total. The fourth-order valence-corrected chi connectivity index (χ4v) is 2.30. The van der Waals surface area contributed by atoms with Gasteiger partial charge in [0.25, 0.3) is 5.91 Å². The summed E-state index contributed by atoms with van der Waals surface area (Å²) in [6.45, 7) is 0. The van der Waals surface area contributed by atoms with E-state index in [2.05, 4.69) is 21.2 Å². The van der Waals surface area contributed by atoms with Gasteiger partial charge in [-0.15, -0.1) is 11.3 Å². The zero-order valence-corrected chi connectivity index (χ0v) is 10.8. The van der Waals surface area contributed by atoms with E-state index in [-0.39, 0.29) is 5.91 Å². The number of carbonyl (C=O) groups excluding carboxylic acids is 1. The first-order valence-electron chi connectivity index (χ1n) is 4.79. The molecule has 0 aliphatic rings. The number of thiophene rings is 1. The van der Waals surface area contributed by atoms with Crippen molar-refractivity contribution in [2.45, 2.75) is 5.33 Å². The highest BCUT2D eigenvalue weighted by atomic mass is 79.9. The Morgan fingerprint density at radius 2 is 2.19 bits per heavy atom. The van der Waals surface area contributed by atoms with Gasteiger partial charge in [0.15, 0.2) is 0 Å². The van der Waals surface area contributed by atoms with Crippen LogP contribution in [0.1, 0.15) is 15.2 Å². The highest BCUT2D eigenvalue weighted by Crippen LogP contribution is 2.16. The van der Waals surface area contributed by atoms with Crippen LogP contribution >= 0.6 is 27.3 Å². The largest absolute Gasteiger partial charge is 0.321 e. The molecule has 82 valence electrons. The van der Waals surface area contributed by atoms with Crippen molar-refractivity contribution in [3.8, 4) is 0 Å². The molecule has 0 bridgehead atoms. The SMILES string of the molecule is O=C(Nc1cccc(CBr)c1)c1cccs1. The number of nitrogens with one attached hydrogen (secondary N) is 1. The summed E-state index contributed by atoms with van der Waals surface area (Å²) in [6.07, 6.45) is 0. The number of halogens is 1. The highest BCUT2D eigenvalue weighted by Gasteiger charge is 2.06. The van der Waals surface area contributed by atoms with E-state index in [1.54, 1.807) is 0 Å². The van der Waals surface area contributed by atoms with Crippen molar-refractivity contribution in [3.63, 3.8) is 0 Å². The number of hydrogen-bond acceptors (Lipinski definition) is 2. The lowest BCUT2D eigenvalue weighted by Gasteiger charge is -2.04. The normalized spacial score (nSPS) is 10.1. The van der Waals surface area contributed by atoms with Crippen LogP contribution < -0.4 is 5.32 Å². The van der Waals surface area contributed by atoms with Gasteiger partial charge in [0.05, 0.1) is 4.88 Å². The third-order valence-corrected chi connectivity index (χ3v) is 3.60. The number of alkyl halides is 1. The van der Waals surface area contributed by atoms with Gasteiger partial charge in [-0.2, -0.15) is 0 Å². The molecule has 0 radical (unpaired) electrons. The predicted octanol–water partition coefficient (Wildman–Crippen LogP) is 3.90. The fourth-order valence-electron chi connectivity index (χ4n) is 1.33. The van der Waals surface area contributed by atoms with Crippen molar-refractivity contribution < 1.29 is 4.79 Å². The minimum Gasteiger partial charge on any atom is -0.321 e. The lowest BCUT2D eigenvalue weighted by molar-refractivity contribution is 0.103. The molecule has 0 fully saturated rings. The Morgan fingerprint density at radius 3 is 2.88 bits per heavy atom. The smallest absolute Gasteiger partial charge is 0.265 e. The summed E-state index contributed by atoms with van der Waals surface area (Å²) in [4.78, 5) is 12.5. The maximum Gasteiger partial charge on any atom is 0.265 e. The van der Waals surface area contributed by atoms with Gasteiger partial charge >= 0.3 is 0 Å². The van der Waals surface area contributed by atoms with Crippen LogP contribution in [-0.4, -0.2) is 5.91 Å². The van der Waals surface area contributed by atoms with Crippen LogP contribution in [0.5, 0.6) is 0 Å². The average molecular weight is 296 g/mol. The minimum atomic E-state index is -0.0540. The molecule has 1 aromatic heterocycles. The van der Waals surface area contributed by atoms with Crippen molar-refractivity contribution >= 4 is 38.9 Å². The second-order valence-corrected chi connectivity index (χ2v) is 4.77. The van der Waals surface area contributed by atoms with Crippen molar-refractivity contribution in [3.05, 3.63) is 52.2 Å². The van der Waals surface area contributed by atoms with E-state index in [1.807, 2.05) is 41.8 Å². The van der Waals surface area contributed by atoms with Crippen molar-refractivity contribution in [1.29, 1.82) is 0 Å². The molecule has 4 heteroatoms. The third kappa shape index (κ3) is 2.71. The van der Waals surface area contributed by atoms with Crippen LogP contribution in [0.3, 0.4) is 0 Å². The Morgan fingerprint density at radius 1 is 1.31 bits per heavy atom. The molecule has 0 aliphatic heterocycles. The Balaban J connectivity index is 2.12. The van der Waals surface area contributed by atoms with E-state index in [1.165, 1.54) is 11.3 Å². The van der Waals surface area contributed by atoms with Gasteiger partial charge in [-0.3, -0.25) is 4.79 Å². The number of anilines is 1. The molecule has 0 unspecified atom stereocenters. The molecule has 0 atom stereocenters. The quantitative estimate of drug-likeness (QED) is 0.855. The first-order chi connectivity index (χ1) is 7.79. The summed E-state index contributed by atoms with van der Waals surface area (Å²) in [5.74, 6) is -0.0540. The van der Waals surface area contributed by atoms with E-state index in [0.717, 1.165) is 21.5 Å². The number of amides is 1. The van der Waals surface area contributed by atoms with Gasteiger partial charge in [0, 0.05) is 11.0 Å². The third-order valence-electron chi connectivity index (χ3n) is 2.08. The average Bonchev–Trinajstić information content (AvgIpc) is 2.83. The predicted molar refractivity (Wildman–Crippen MR) is 71.3 cm³/mol. The molecule has 2 aromatic rings. The van der Waals surface area contributed by atoms with Gasteiger partial charge in [-0.1, -0.05) is 34.1 Å². The van der Waals surface area contributed by atoms with Crippen LogP contribution in [0.2, 0.25) is 0 Å². The second-order valence-electron chi connectivity index (χ2n) is 3.27. The molecule has 0 spiro atoms. The molecule has 0 aliphatic carbocycles. The van der Waals surface area contributed by atoms with Gasteiger partial charge < -0.3 is 5.32 Å². The van der Waals surface area contributed by atoms with E-state index < -0.39 is 0 Å². The molecular formula is C12H10BrNOS. The molecule has 0 saturated heterocycles.